The fourth-order valence-corrected chi connectivity index (χ4v) is 3.37. The molecular weight excluding hydrogens is 160 g/mol. The number of nitrogens with zero attached hydrogens (tertiary/aromatic N) is 1. The molecule has 2 aliphatic heterocycles. The van der Waals surface area contributed by atoms with Gasteiger partial charge in [0.1, 0.15) is 0 Å². The third kappa shape index (κ3) is 1.08. The molecule has 0 amide bonds. The van der Waals surface area contributed by atoms with Gasteiger partial charge in [0.2, 0.25) is 0 Å². The first-order valence-electron chi connectivity index (χ1n) is 5.69. The van der Waals surface area contributed by atoms with Gasteiger partial charge in [-0.25, -0.2) is 0 Å². The van der Waals surface area contributed by atoms with Crippen molar-refractivity contribution >= 4 is 0 Å². The molecule has 74 valence electrons. The average Bonchev–Trinajstić information content (AvgIpc) is 2.68. The number of hydrogen-bond donors (Lipinski definition) is 1. The fourth-order valence-electron chi connectivity index (χ4n) is 3.37. The van der Waals surface area contributed by atoms with Gasteiger partial charge < -0.3 is 5.32 Å². The third-order valence-corrected chi connectivity index (χ3v) is 4.51. The standard InChI is InChI=1S/C11H20N2/c1-8(2)13-4-3-11-5-9(11)10(6-13)12-7-11/h8-10,12H,3-7H2,1-2H3. The van der Waals surface area contributed by atoms with Crippen molar-refractivity contribution in [3.63, 3.8) is 0 Å². The molecule has 3 rings (SSSR count). The molecule has 0 aromatic carbocycles. The summed E-state index contributed by atoms with van der Waals surface area (Å²) in [5.41, 5.74) is 0.758. The highest BCUT2D eigenvalue weighted by Crippen LogP contribution is 2.61. The average molecular weight is 180 g/mol. The summed E-state index contributed by atoms with van der Waals surface area (Å²) in [6.45, 7) is 8.59. The number of nitrogens with one attached hydrogen (secondary N) is 1. The Bertz CT molecular complexity index is 226. The second-order valence-corrected chi connectivity index (χ2v) is 5.50. The van der Waals surface area contributed by atoms with Crippen molar-refractivity contribution in [3.8, 4) is 0 Å². The smallest absolute Gasteiger partial charge is 0.0229 e. The summed E-state index contributed by atoms with van der Waals surface area (Å²) in [6.07, 6.45) is 2.97. The minimum atomic E-state index is 0.733. The molecule has 2 saturated heterocycles. The quantitative estimate of drug-likeness (QED) is 0.649. The Morgan fingerprint density at radius 2 is 2.31 bits per heavy atom. The van der Waals surface area contributed by atoms with Crippen LogP contribution in [0.2, 0.25) is 0 Å². The summed E-state index contributed by atoms with van der Waals surface area (Å²) < 4.78 is 0. The lowest BCUT2D eigenvalue weighted by atomic mass is 10.0. The highest BCUT2D eigenvalue weighted by atomic mass is 15.2. The number of rotatable bonds is 1. The molecule has 0 aromatic rings. The van der Waals surface area contributed by atoms with Gasteiger partial charge in [0.05, 0.1) is 0 Å². The molecule has 0 aromatic heterocycles. The number of hydrogen-bond acceptors (Lipinski definition) is 2. The van der Waals surface area contributed by atoms with Gasteiger partial charge in [0, 0.05) is 25.2 Å². The molecule has 3 fully saturated rings. The minimum absolute atomic E-state index is 0.733. The van der Waals surface area contributed by atoms with E-state index in [4.69, 9.17) is 0 Å². The molecule has 2 heterocycles. The first-order chi connectivity index (χ1) is 6.21. The van der Waals surface area contributed by atoms with Gasteiger partial charge in [0.25, 0.3) is 0 Å². The maximum absolute atomic E-state index is 3.69. The molecule has 0 radical (unpaired) electrons. The summed E-state index contributed by atoms with van der Waals surface area (Å²) in [5, 5.41) is 3.69. The van der Waals surface area contributed by atoms with Crippen LogP contribution in [0.15, 0.2) is 0 Å². The van der Waals surface area contributed by atoms with Crippen molar-refractivity contribution in [1.82, 2.24) is 10.2 Å². The van der Waals surface area contributed by atoms with E-state index in [1.165, 1.54) is 32.5 Å². The lowest BCUT2D eigenvalue weighted by molar-refractivity contribution is 0.186. The molecule has 3 unspecified atom stereocenters. The van der Waals surface area contributed by atoms with Gasteiger partial charge in [-0.3, -0.25) is 4.90 Å². The van der Waals surface area contributed by atoms with Gasteiger partial charge in [-0.15, -0.1) is 0 Å². The van der Waals surface area contributed by atoms with Crippen LogP contribution in [0.4, 0.5) is 0 Å². The van der Waals surface area contributed by atoms with Crippen molar-refractivity contribution in [1.29, 1.82) is 0 Å². The summed E-state index contributed by atoms with van der Waals surface area (Å²) in [5.74, 6) is 1.04. The lowest BCUT2D eigenvalue weighted by Crippen LogP contribution is -2.44. The van der Waals surface area contributed by atoms with E-state index >= 15 is 0 Å². The molecule has 1 aliphatic carbocycles. The van der Waals surface area contributed by atoms with Crippen molar-refractivity contribution < 1.29 is 0 Å². The highest BCUT2D eigenvalue weighted by molar-refractivity contribution is 5.16. The molecule has 1 N–H and O–H groups in total. The van der Waals surface area contributed by atoms with Crippen molar-refractivity contribution in [2.24, 2.45) is 11.3 Å². The third-order valence-electron chi connectivity index (χ3n) is 4.51. The van der Waals surface area contributed by atoms with E-state index in [1.807, 2.05) is 0 Å². The van der Waals surface area contributed by atoms with Gasteiger partial charge >= 0.3 is 0 Å². The number of likely N-dealkylation sites (tertiary alicyclic amines) is 1. The van der Waals surface area contributed by atoms with Crippen LogP contribution in [-0.2, 0) is 0 Å². The first-order valence-corrected chi connectivity index (χ1v) is 5.69. The summed E-state index contributed by atoms with van der Waals surface area (Å²) in [4.78, 5) is 2.64. The minimum Gasteiger partial charge on any atom is -0.312 e. The molecule has 3 aliphatic rings. The maximum atomic E-state index is 3.69. The van der Waals surface area contributed by atoms with Crippen LogP contribution >= 0.6 is 0 Å². The van der Waals surface area contributed by atoms with E-state index in [0.29, 0.717) is 0 Å². The van der Waals surface area contributed by atoms with E-state index in [2.05, 4.69) is 24.1 Å². The van der Waals surface area contributed by atoms with Gasteiger partial charge in [-0.1, -0.05) is 0 Å². The zero-order chi connectivity index (χ0) is 9.05. The van der Waals surface area contributed by atoms with Crippen molar-refractivity contribution in [3.05, 3.63) is 0 Å². The van der Waals surface area contributed by atoms with E-state index in [-0.39, 0.29) is 0 Å². The summed E-state index contributed by atoms with van der Waals surface area (Å²) >= 11 is 0. The second kappa shape index (κ2) is 2.48. The van der Waals surface area contributed by atoms with E-state index in [9.17, 15) is 0 Å². The number of piperidine rings is 1. The Morgan fingerprint density at radius 3 is 3.00 bits per heavy atom. The molecule has 3 atom stereocenters. The zero-order valence-electron chi connectivity index (χ0n) is 8.71. The van der Waals surface area contributed by atoms with Crippen LogP contribution < -0.4 is 5.32 Å². The normalized spacial score (nSPS) is 49.2. The van der Waals surface area contributed by atoms with Gasteiger partial charge in [0.15, 0.2) is 0 Å². The second-order valence-electron chi connectivity index (χ2n) is 5.50. The van der Waals surface area contributed by atoms with Crippen LogP contribution in [0.25, 0.3) is 0 Å². The summed E-state index contributed by atoms with van der Waals surface area (Å²) in [7, 11) is 0. The fraction of sp³-hybridized carbons (Fsp3) is 1.00. The maximum Gasteiger partial charge on any atom is 0.0229 e. The van der Waals surface area contributed by atoms with Crippen molar-refractivity contribution in [2.75, 3.05) is 19.6 Å². The Morgan fingerprint density at radius 1 is 1.46 bits per heavy atom. The molecule has 13 heavy (non-hydrogen) atoms. The van der Waals surface area contributed by atoms with Gasteiger partial charge in [-0.2, -0.15) is 0 Å². The van der Waals surface area contributed by atoms with E-state index < -0.39 is 0 Å². The van der Waals surface area contributed by atoms with E-state index in [0.717, 1.165) is 23.4 Å². The van der Waals surface area contributed by atoms with Gasteiger partial charge in [-0.05, 0) is 44.6 Å². The predicted molar refractivity (Wildman–Crippen MR) is 53.7 cm³/mol. The molecule has 0 spiro atoms. The highest BCUT2D eigenvalue weighted by Gasteiger charge is 2.62. The van der Waals surface area contributed by atoms with Crippen LogP contribution in [0.5, 0.6) is 0 Å². The summed E-state index contributed by atoms with van der Waals surface area (Å²) in [6, 6.07) is 1.56. The van der Waals surface area contributed by atoms with E-state index in [1.54, 1.807) is 0 Å². The monoisotopic (exact) mass is 180 g/mol. The van der Waals surface area contributed by atoms with Crippen LogP contribution in [0, 0.1) is 11.3 Å². The Balaban J connectivity index is 1.76. The topological polar surface area (TPSA) is 15.3 Å². The largest absolute Gasteiger partial charge is 0.312 e. The molecule has 2 heteroatoms. The first kappa shape index (κ1) is 8.25. The Kier molecular flexibility index (Phi) is 1.58. The van der Waals surface area contributed by atoms with Crippen LogP contribution in [0.3, 0.4) is 0 Å². The predicted octanol–water partition coefficient (Wildman–Crippen LogP) is 1.08. The zero-order valence-corrected chi connectivity index (χ0v) is 8.71. The molecule has 2 bridgehead atoms. The SMILES string of the molecule is CC(C)N1CCC23CNC(C1)C2C3. The van der Waals surface area contributed by atoms with Crippen molar-refractivity contribution in [2.45, 2.75) is 38.8 Å². The van der Waals surface area contributed by atoms with Crippen LogP contribution in [-0.4, -0.2) is 36.6 Å². The molecule has 1 saturated carbocycles. The lowest BCUT2D eigenvalue weighted by Gasteiger charge is -2.31. The molecular formula is C11H20N2. The molecule has 2 nitrogen and oxygen atoms in total. The Hall–Kier alpha value is -0.0800. The Labute approximate surface area is 80.7 Å². The van der Waals surface area contributed by atoms with Crippen LogP contribution in [0.1, 0.15) is 26.7 Å².